The number of hydrogen-bond acceptors (Lipinski definition) is 4. The smallest absolute Gasteiger partial charge is 0.335 e. The summed E-state index contributed by atoms with van der Waals surface area (Å²) in [4.78, 5) is 53.5. The quantitative estimate of drug-likeness (QED) is 0.255. The molecule has 4 aromatic rings. The molecule has 1 heterocycles. The average Bonchev–Trinajstić information content (AvgIpc) is 3.15. The zero-order chi connectivity index (χ0) is 24.6. The van der Waals surface area contributed by atoms with Gasteiger partial charge in [0.05, 0.1) is 0 Å². The number of hydrogen-bond donors (Lipinski definition) is 2. The van der Waals surface area contributed by atoms with Gasteiger partial charge in [0, 0.05) is 5.56 Å². The Morgan fingerprint density at radius 1 is 0.743 bits per heavy atom. The summed E-state index contributed by atoms with van der Waals surface area (Å²) < 4.78 is 0. The Morgan fingerprint density at radius 2 is 1.29 bits per heavy atom. The number of carboxylic acids is 1. The number of imide groups is 1. The highest BCUT2D eigenvalue weighted by Gasteiger charge is 2.58. The van der Waals surface area contributed by atoms with Crippen LogP contribution in [0.4, 0.5) is 4.79 Å². The van der Waals surface area contributed by atoms with Gasteiger partial charge in [0.25, 0.3) is 5.91 Å². The van der Waals surface area contributed by atoms with Crippen LogP contribution >= 0.6 is 0 Å². The van der Waals surface area contributed by atoms with Crippen LogP contribution in [0.25, 0.3) is 10.8 Å². The molecule has 172 valence electrons. The maximum Gasteiger partial charge on any atom is 0.335 e. The number of carbonyl (C=O) groups is 4. The van der Waals surface area contributed by atoms with Gasteiger partial charge in [-0.25, -0.2) is 14.5 Å². The van der Waals surface area contributed by atoms with Crippen molar-refractivity contribution in [3.63, 3.8) is 0 Å². The number of amides is 3. The molecule has 0 radical (unpaired) electrons. The van der Waals surface area contributed by atoms with E-state index < -0.39 is 35.3 Å². The molecule has 4 aromatic carbocycles. The van der Waals surface area contributed by atoms with Crippen LogP contribution in [0, 0.1) is 0 Å². The van der Waals surface area contributed by atoms with Crippen molar-refractivity contribution < 1.29 is 24.3 Å². The van der Waals surface area contributed by atoms with Crippen LogP contribution in [0.5, 0.6) is 0 Å². The lowest BCUT2D eigenvalue weighted by Crippen LogP contribution is -2.51. The number of nitrogens with one attached hydrogen (secondary N) is 1. The zero-order valence-electron chi connectivity index (χ0n) is 18.4. The Kier molecular flexibility index (Phi) is 5.37. The Labute approximate surface area is 200 Å². The lowest BCUT2D eigenvalue weighted by molar-refractivity contribution is -0.145. The molecule has 1 atom stereocenters. The molecule has 1 aliphatic heterocycles. The van der Waals surface area contributed by atoms with Crippen molar-refractivity contribution in [2.45, 2.75) is 11.6 Å². The van der Waals surface area contributed by atoms with E-state index in [9.17, 15) is 24.3 Å². The Bertz CT molecular complexity index is 1430. The molecule has 0 aliphatic carbocycles. The molecule has 0 saturated carbocycles. The summed E-state index contributed by atoms with van der Waals surface area (Å²) in [5.41, 5.74) is -0.672. The van der Waals surface area contributed by atoms with E-state index in [4.69, 9.17) is 0 Å². The molecule has 1 saturated heterocycles. The molecule has 0 aromatic heterocycles. The van der Waals surface area contributed by atoms with Gasteiger partial charge in [-0.05, 0) is 28.0 Å². The molecule has 7 nitrogen and oxygen atoms in total. The van der Waals surface area contributed by atoms with Gasteiger partial charge in [-0.2, -0.15) is 0 Å². The highest BCUT2D eigenvalue weighted by molar-refractivity contribution is 6.20. The van der Waals surface area contributed by atoms with E-state index in [1.54, 1.807) is 84.9 Å². The first-order valence-corrected chi connectivity index (χ1v) is 11.0. The summed E-state index contributed by atoms with van der Waals surface area (Å²) in [6, 6.07) is 26.2. The molecule has 1 unspecified atom stereocenters. The van der Waals surface area contributed by atoms with Crippen LogP contribution in [0.3, 0.4) is 0 Å². The lowest BCUT2D eigenvalue weighted by atomic mass is 9.82. The third-order valence-corrected chi connectivity index (χ3v) is 6.24. The minimum Gasteiger partial charge on any atom is -0.479 e. The second kappa shape index (κ2) is 8.53. The van der Waals surface area contributed by atoms with Crippen molar-refractivity contribution in [2.75, 3.05) is 0 Å². The van der Waals surface area contributed by atoms with Crippen LogP contribution in [-0.2, 0) is 15.1 Å². The predicted octanol–water partition coefficient (Wildman–Crippen LogP) is 3.97. The molecule has 1 fully saturated rings. The molecular weight excluding hydrogens is 444 g/mol. The summed E-state index contributed by atoms with van der Waals surface area (Å²) >= 11 is 0. The van der Waals surface area contributed by atoms with Crippen LogP contribution in [0.2, 0.25) is 0 Å². The van der Waals surface area contributed by atoms with Gasteiger partial charge in [-0.15, -0.1) is 0 Å². The van der Waals surface area contributed by atoms with Gasteiger partial charge in [-0.1, -0.05) is 97.1 Å². The number of rotatable bonds is 6. The van der Waals surface area contributed by atoms with Crippen molar-refractivity contribution in [2.24, 2.45) is 0 Å². The van der Waals surface area contributed by atoms with E-state index in [2.05, 4.69) is 5.32 Å². The first-order valence-electron chi connectivity index (χ1n) is 11.0. The summed E-state index contributed by atoms with van der Waals surface area (Å²) in [6.07, 6.45) is 0. The van der Waals surface area contributed by atoms with E-state index in [0.29, 0.717) is 16.0 Å². The second-order valence-corrected chi connectivity index (χ2v) is 8.25. The molecule has 5 rings (SSSR count). The SMILES string of the molecule is O=C(O)C(C(=O)c1ccc2ccccc2c1)N1C(=O)NC(c2ccccc2)(c2ccccc2)C1=O. The normalized spacial score (nSPS) is 15.6. The topological polar surface area (TPSA) is 104 Å². The van der Waals surface area contributed by atoms with Crippen molar-refractivity contribution in [1.82, 2.24) is 10.2 Å². The van der Waals surface area contributed by atoms with Gasteiger partial charge >= 0.3 is 12.0 Å². The largest absolute Gasteiger partial charge is 0.479 e. The molecule has 0 bridgehead atoms. The van der Waals surface area contributed by atoms with Crippen molar-refractivity contribution in [3.05, 3.63) is 120 Å². The maximum absolute atomic E-state index is 14.0. The fraction of sp³-hybridized carbons (Fsp3) is 0.0714. The maximum atomic E-state index is 14.0. The minimum atomic E-state index is -2.03. The van der Waals surface area contributed by atoms with Crippen LogP contribution < -0.4 is 5.32 Å². The molecule has 35 heavy (non-hydrogen) atoms. The van der Waals surface area contributed by atoms with Crippen molar-refractivity contribution in [3.8, 4) is 0 Å². The molecule has 3 amide bonds. The lowest BCUT2D eigenvalue weighted by Gasteiger charge is -2.28. The van der Waals surface area contributed by atoms with Gasteiger partial charge in [0.15, 0.2) is 11.3 Å². The number of carbonyl (C=O) groups excluding carboxylic acids is 3. The van der Waals surface area contributed by atoms with Crippen molar-refractivity contribution >= 4 is 34.5 Å². The first kappa shape index (κ1) is 22.0. The standard InChI is InChI=1S/C28H20N2O5/c31-24(20-16-15-18-9-7-8-10-19(18)17-20)23(25(32)33)30-26(34)28(29-27(30)35,21-11-3-1-4-12-21)22-13-5-2-6-14-22/h1-17,23H,(H,29,35)(H,32,33). The highest BCUT2D eigenvalue weighted by atomic mass is 16.4. The molecule has 2 N–H and O–H groups in total. The number of nitrogens with zero attached hydrogens (tertiary/aromatic N) is 1. The Morgan fingerprint density at radius 3 is 1.86 bits per heavy atom. The third-order valence-electron chi connectivity index (χ3n) is 6.24. The summed E-state index contributed by atoms with van der Waals surface area (Å²) in [5.74, 6) is -3.28. The van der Waals surface area contributed by atoms with Gasteiger partial charge in [0.1, 0.15) is 0 Å². The number of aliphatic carboxylic acids is 1. The molecule has 0 spiro atoms. The number of carboxylic acid groups (broad SMARTS) is 1. The molecular formula is C28H20N2O5. The van der Waals surface area contributed by atoms with Gasteiger partial charge in [0.2, 0.25) is 6.04 Å². The van der Waals surface area contributed by atoms with E-state index >= 15 is 0 Å². The average molecular weight is 464 g/mol. The van der Waals surface area contributed by atoms with Crippen molar-refractivity contribution in [1.29, 1.82) is 0 Å². The van der Waals surface area contributed by atoms with Crippen LogP contribution in [0.1, 0.15) is 21.5 Å². The minimum absolute atomic E-state index is 0.0913. The van der Waals surface area contributed by atoms with Crippen LogP contribution in [0.15, 0.2) is 103 Å². The van der Waals surface area contributed by atoms with Gasteiger partial charge in [-0.3, -0.25) is 9.59 Å². The Hall–Kier alpha value is -4.78. The fourth-order valence-corrected chi connectivity index (χ4v) is 4.56. The number of ketones is 1. The van der Waals surface area contributed by atoms with E-state index in [1.165, 1.54) is 6.07 Å². The molecule has 1 aliphatic rings. The number of urea groups is 1. The summed E-state index contributed by atoms with van der Waals surface area (Å²) in [6.45, 7) is 0. The van der Waals surface area contributed by atoms with Crippen LogP contribution in [-0.4, -0.2) is 39.7 Å². The number of Topliss-reactive ketones (excluding diaryl/α,β-unsaturated/α-hetero) is 1. The number of benzene rings is 4. The zero-order valence-corrected chi connectivity index (χ0v) is 18.4. The van der Waals surface area contributed by atoms with E-state index in [-0.39, 0.29) is 5.56 Å². The van der Waals surface area contributed by atoms with Gasteiger partial charge < -0.3 is 10.4 Å². The molecule has 7 heteroatoms. The summed E-state index contributed by atoms with van der Waals surface area (Å²) in [5, 5.41) is 14.3. The third kappa shape index (κ3) is 3.54. The van der Waals surface area contributed by atoms with E-state index in [0.717, 1.165) is 10.8 Å². The summed E-state index contributed by atoms with van der Waals surface area (Å²) in [7, 11) is 0. The monoisotopic (exact) mass is 464 g/mol. The Balaban J connectivity index is 1.62. The predicted molar refractivity (Wildman–Crippen MR) is 129 cm³/mol. The highest BCUT2D eigenvalue weighted by Crippen LogP contribution is 2.37. The fourth-order valence-electron chi connectivity index (χ4n) is 4.56. The second-order valence-electron chi connectivity index (χ2n) is 8.25. The first-order chi connectivity index (χ1) is 16.9. The van der Waals surface area contributed by atoms with E-state index in [1.807, 2.05) is 12.1 Å². The number of fused-ring (bicyclic) bond motifs is 1.